The quantitative estimate of drug-likeness (QED) is 0.0922. The normalized spacial score (nSPS) is 13.4. The smallest absolute Gasteiger partial charge is 0.398 e. The first kappa shape index (κ1) is 31.6. The first-order chi connectivity index (χ1) is 16.0. The number of aliphatic hydroxyl groups is 2. The lowest BCUT2D eigenvalue weighted by molar-refractivity contribution is -0.334. The van der Waals surface area contributed by atoms with Gasteiger partial charge in [-0.3, -0.25) is 0 Å². The molecular weight excluding hydrogens is 440 g/mol. The summed E-state index contributed by atoms with van der Waals surface area (Å²) >= 11 is 0. The minimum atomic E-state index is -2.89. The van der Waals surface area contributed by atoms with Gasteiger partial charge in [-0.05, 0) is 27.2 Å². The van der Waals surface area contributed by atoms with E-state index >= 15 is 0 Å². The maximum atomic E-state index is 12.6. The highest BCUT2D eigenvalue weighted by Crippen LogP contribution is 2.21. The van der Waals surface area contributed by atoms with E-state index < -0.39 is 30.5 Å². The molecule has 1 atom stereocenters. The average Bonchev–Trinajstić information content (AvgIpc) is 2.78. The van der Waals surface area contributed by atoms with Crippen LogP contribution in [0.2, 0.25) is 0 Å². The highest BCUT2D eigenvalue weighted by Gasteiger charge is 2.37. The molecule has 0 aliphatic carbocycles. The molecule has 0 aromatic heterocycles. The number of aliphatic hydroxyl groups excluding tert-OH is 1. The Morgan fingerprint density at radius 3 is 1.62 bits per heavy atom. The van der Waals surface area contributed by atoms with E-state index in [-0.39, 0.29) is 22.5 Å². The largest absolute Gasteiger partial charge is 0.427 e. The molecule has 0 spiro atoms. The third-order valence-corrected chi connectivity index (χ3v) is 5.10. The van der Waals surface area contributed by atoms with Crippen molar-refractivity contribution >= 4 is 17.9 Å². The lowest BCUT2D eigenvalue weighted by atomic mass is 10.0. The molecule has 34 heavy (non-hydrogen) atoms. The summed E-state index contributed by atoms with van der Waals surface area (Å²) in [4.78, 5) is 36.3. The van der Waals surface area contributed by atoms with E-state index in [1.165, 1.54) is 59.3 Å². The zero-order valence-corrected chi connectivity index (χ0v) is 21.2. The molecule has 0 aliphatic heterocycles. The third kappa shape index (κ3) is 13.3. The van der Waals surface area contributed by atoms with Crippen molar-refractivity contribution in [2.24, 2.45) is 0 Å². The minimum Gasteiger partial charge on any atom is -0.427 e. The number of carbonyl (C=O) groups excluding carboxylic acids is 3. The number of carbonyl (C=O) groups is 3. The van der Waals surface area contributed by atoms with Crippen LogP contribution in [0.1, 0.15) is 98.3 Å². The van der Waals surface area contributed by atoms with E-state index in [2.05, 4.69) is 24.8 Å². The number of allylic oxidation sites excluding steroid dienone is 1. The van der Waals surface area contributed by atoms with E-state index in [9.17, 15) is 24.6 Å². The summed E-state index contributed by atoms with van der Waals surface area (Å²) in [5.74, 6) is -5.67. The maximum absolute atomic E-state index is 12.6. The molecule has 0 aliphatic rings. The van der Waals surface area contributed by atoms with Crippen LogP contribution in [0.25, 0.3) is 0 Å². The molecule has 0 aromatic rings. The lowest BCUT2D eigenvalue weighted by Crippen LogP contribution is -2.44. The fourth-order valence-corrected chi connectivity index (χ4v) is 2.94. The van der Waals surface area contributed by atoms with Crippen LogP contribution in [0.4, 0.5) is 0 Å². The number of rotatable bonds is 18. The summed E-state index contributed by atoms with van der Waals surface area (Å²) < 4.78 is 14.7. The Morgan fingerprint density at radius 2 is 1.18 bits per heavy atom. The molecule has 0 saturated heterocycles. The van der Waals surface area contributed by atoms with Crippen LogP contribution >= 0.6 is 0 Å². The molecule has 8 heteroatoms. The molecule has 0 rings (SSSR count). The van der Waals surface area contributed by atoms with Crippen molar-refractivity contribution < 1.29 is 38.8 Å². The van der Waals surface area contributed by atoms with Crippen molar-refractivity contribution in [1.29, 1.82) is 0 Å². The highest BCUT2D eigenvalue weighted by molar-refractivity contribution is 5.91. The van der Waals surface area contributed by atoms with Crippen LogP contribution in [-0.2, 0) is 28.6 Å². The van der Waals surface area contributed by atoms with Crippen molar-refractivity contribution in [3.63, 3.8) is 0 Å². The van der Waals surface area contributed by atoms with Gasteiger partial charge in [-0.2, -0.15) is 0 Å². The zero-order chi connectivity index (χ0) is 26.1. The summed E-state index contributed by atoms with van der Waals surface area (Å²) in [6.45, 7) is 12.1. The third-order valence-electron chi connectivity index (χ3n) is 5.10. The molecule has 0 aromatic carbocycles. The van der Waals surface area contributed by atoms with Gasteiger partial charge >= 0.3 is 23.9 Å². The van der Waals surface area contributed by atoms with Gasteiger partial charge in [0, 0.05) is 17.6 Å². The molecule has 0 bridgehead atoms. The molecule has 0 amide bonds. The average molecular weight is 483 g/mol. The molecule has 0 radical (unpaired) electrons. The molecule has 0 saturated carbocycles. The van der Waals surface area contributed by atoms with Gasteiger partial charge < -0.3 is 24.4 Å². The molecule has 194 valence electrons. The van der Waals surface area contributed by atoms with Gasteiger partial charge in [-0.1, -0.05) is 77.9 Å². The summed E-state index contributed by atoms with van der Waals surface area (Å²) in [6, 6.07) is 0. The molecule has 0 heterocycles. The Morgan fingerprint density at radius 1 is 0.735 bits per heavy atom. The highest BCUT2D eigenvalue weighted by atomic mass is 16.8. The Labute approximate surface area is 203 Å². The topological polar surface area (TPSA) is 119 Å². The van der Waals surface area contributed by atoms with E-state index in [1.54, 1.807) is 0 Å². The first-order valence-corrected chi connectivity index (χ1v) is 12.0. The molecule has 2 N–H and O–H groups in total. The van der Waals surface area contributed by atoms with Gasteiger partial charge in [-0.25, -0.2) is 14.4 Å². The van der Waals surface area contributed by atoms with Gasteiger partial charge in [0.25, 0.3) is 0 Å². The number of hydrogen-bond acceptors (Lipinski definition) is 8. The molecule has 0 fully saturated rings. The van der Waals surface area contributed by atoms with Crippen LogP contribution in [0.3, 0.4) is 0 Å². The van der Waals surface area contributed by atoms with Crippen molar-refractivity contribution in [2.75, 3.05) is 6.61 Å². The summed E-state index contributed by atoms with van der Waals surface area (Å²) in [6.07, 6.45) is 11.5. The second kappa shape index (κ2) is 17.1. The maximum Gasteiger partial charge on any atom is 0.398 e. The second-order valence-electron chi connectivity index (χ2n) is 8.58. The van der Waals surface area contributed by atoms with E-state index in [1.807, 2.05) is 0 Å². The van der Waals surface area contributed by atoms with E-state index in [4.69, 9.17) is 9.47 Å². The summed E-state index contributed by atoms with van der Waals surface area (Å²) in [7, 11) is 0. The summed E-state index contributed by atoms with van der Waals surface area (Å²) in [5, 5.41) is 19.5. The Bertz CT molecular complexity index is 737. The van der Waals surface area contributed by atoms with Crippen LogP contribution in [-0.4, -0.2) is 40.7 Å². The lowest BCUT2D eigenvalue weighted by Gasteiger charge is -2.25. The SMILES string of the molecule is C=C(C)C(=O)O/C(CCCCCCCCCCCC)=C(\C)C(=O)OC(O)(CO)OC(=O)C(=C)C. The number of esters is 3. The number of hydrogen-bond donors (Lipinski definition) is 2. The molecule has 1 unspecified atom stereocenters. The predicted octanol–water partition coefficient (Wildman–Crippen LogP) is 4.99. The van der Waals surface area contributed by atoms with Gasteiger partial charge in [0.1, 0.15) is 12.4 Å². The van der Waals surface area contributed by atoms with Gasteiger partial charge in [-0.15, -0.1) is 0 Å². The van der Waals surface area contributed by atoms with Crippen LogP contribution in [0, 0.1) is 0 Å². The Kier molecular flexibility index (Phi) is 15.8. The minimum absolute atomic E-state index is 0.0628. The van der Waals surface area contributed by atoms with Crippen molar-refractivity contribution in [1.82, 2.24) is 0 Å². The van der Waals surface area contributed by atoms with Crippen molar-refractivity contribution in [3.05, 3.63) is 35.6 Å². The van der Waals surface area contributed by atoms with Crippen LogP contribution < -0.4 is 0 Å². The van der Waals surface area contributed by atoms with Gasteiger partial charge in [0.15, 0.2) is 0 Å². The first-order valence-electron chi connectivity index (χ1n) is 12.0. The fraction of sp³-hybridized carbons (Fsp3) is 0.654. The second-order valence-corrected chi connectivity index (χ2v) is 8.58. The zero-order valence-electron chi connectivity index (χ0n) is 21.2. The van der Waals surface area contributed by atoms with E-state index in [0.29, 0.717) is 12.8 Å². The van der Waals surface area contributed by atoms with Crippen molar-refractivity contribution in [2.45, 2.75) is 104 Å². The standard InChI is InChI=1S/C26H42O8/c1-7-8-9-10-11-12-13-14-15-16-17-22(32-23(28)19(2)3)21(6)25(30)34-26(31,18-27)33-24(29)20(4)5/h27,31H,2,4,7-18H2,1,3,5-6H3/b22-21+. The van der Waals surface area contributed by atoms with Gasteiger partial charge in [0.2, 0.25) is 0 Å². The predicted molar refractivity (Wildman–Crippen MR) is 129 cm³/mol. The monoisotopic (exact) mass is 482 g/mol. The fourth-order valence-electron chi connectivity index (χ4n) is 2.94. The Balaban J connectivity index is 5.03. The molecular formula is C26H42O8. The number of ether oxygens (including phenoxy) is 3. The number of unbranched alkanes of at least 4 members (excludes halogenated alkanes) is 9. The molecule has 8 nitrogen and oxygen atoms in total. The summed E-state index contributed by atoms with van der Waals surface area (Å²) in [5.41, 5.74) is -0.00000969. The van der Waals surface area contributed by atoms with Crippen LogP contribution in [0.15, 0.2) is 35.6 Å². The van der Waals surface area contributed by atoms with Crippen LogP contribution in [0.5, 0.6) is 0 Å². The van der Waals surface area contributed by atoms with Gasteiger partial charge in [0.05, 0.1) is 5.57 Å². The van der Waals surface area contributed by atoms with E-state index in [0.717, 1.165) is 19.3 Å². The Hall–Kier alpha value is -2.45. The van der Waals surface area contributed by atoms with Crippen molar-refractivity contribution in [3.8, 4) is 0 Å².